The number of methoxy groups -OCH3 is 1. The Labute approximate surface area is 90.5 Å². The minimum atomic E-state index is -0.368. The predicted molar refractivity (Wildman–Crippen MR) is 57.3 cm³/mol. The molecule has 0 aromatic carbocycles. The molecule has 0 aromatic rings. The molecule has 15 heavy (non-hydrogen) atoms. The van der Waals surface area contributed by atoms with Crippen LogP contribution in [0.3, 0.4) is 0 Å². The molecule has 0 aliphatic heterocycles. The zero-order valence-corrected chi connectivity index (χ0v) is 9.27. The van der Waals surface area contributed by atoms with Gasteiger partial charge in [-0.25, -0.2) is 4.79 Å². The third-order valence-corrected chi connectivity index (χ3v) is 1.53. The average Bonchev–Trinajstić information content (AvgIpc) is 2.22. The molecule has 0 N–H and O–H groups in total. The van der Waals surface area contributed by atoms with Crippen LogP contribution in [0.25, 0.3) is 0 Å². The molecule has 86 valence electrons. The molecule has 0 aromatic heterocycles. The van der Waals surface area contributed by atoms with Crippen molar-refractivity contribution in [3.63, 3.8) is 0 Å². The number of rotatable bonds is 8. The summed E-state index contributed by atoms with van der Waals surface area (Å²) in [6.07, 6.45) is 5.13. The molecule has 0 saturated carbocycles. The van der Waals surface area contributed by atoms with E-state index in [1.165, 1.54) is 6.08 Å². The van der Waals surface area contributed by atoms with Crippen molar-refractivity contribution in [3.05, 3.63) is 24.8 Å². The van der Waals surface area contributed by atoms with Gasteiger partial charge in [-0.05, 0) is 19.4 Å². The van der Waals surface area contributed by atoms with Crippen LogP contribution in [0.1, 0.15) is 13.3 Å². The number of hydrogen-bond donors (Lipinski definition) is 0. The van der Waals surface area contributed by atoms with Gasteiger partial charge in [-0.1, -0.05) is 6.08 Å². The molecule has 0 amide bonds. The highest BCUT2D eigenvalue weighted by molar-refractivity contribution is 5.81. The Bertz CT molecular complexity index is 211. The molecule has 4 heteroatoms. The van der Waals surface area contributed by atoms with E-state index in [0.29, 0.717) is 13.0 Å². The monoisotopic (exact) mass is 214 g/mol. The van der Waals surface area contributed by atoms with E-state index in [1.807, 2.05) is 0 Å². The van der Waals surface area contributed by atoms with Crippen LogP contribution in [0.15, 0.2) is 24.8 Å². The van der Waals surface area contributed by atoms with Crippen molar-refractivity contribution in [2.45, 2.75) is 19.4 Å². The maximum absolute atomic E-state index is 11.0. The highest BCUT2D eigenvalue weighted by Gasteiger charge is 2.03. The Morgan fingerprint density at radius 1 is 1.53 bits per heavy atom. The lowest BCUT2D eigenvalue weighted by Gasteiger charge is -2.10. The molecule has 4 nitrogen and oxygen atoms in total. The normalized spacial score (nSPS) is 12.7. The molecule has 0 aliphatic carbocycles. The first-order chi connectivity index (χ1) is 7.24. The van der Waals surface area contributed by atoms with Crippen LogP contribution < -0.4 is 0 Å². The molecule has 0 radical (unpaired) electrons. The van der Waals surface area contributed by atoms with Gasteiger partial charge < -0.3 is 14.2 Å². The highest BCUT2D eigenvalue weighted by atomic mass is 16.7. The van der Waals surface area contributed by atoms with Crippen molar-refractivity contribution in [2.24, 2.45) is 0 Å². The van der Waals surface area contributed by atoms with Crippen molar-refractivity contribution < 1.29 is 19.0 Å². The molecule has 0 fully saturated rings. The molecular formula is C11H18O4. The van der Waals surface area contributed by atoms with E-state index in [4.69, 9.17) is 14.2 Å². The van der Waals surface area contributed by atoms with Gasteiger partial charge in [0.15, 0.2) is 0 Å². The molecule has 0 aliphatic rings. The third kappa shape index (κ3) is 7.90. The number of carbonyl (C=O) groups excluding carboxylic acids is 1. The fourth-order valence-corrected chi connectivity index (χ4v) is 0.898. The highest BCUT2D eigenvalue weighted by Crippen LogP contribution is 2.01. The van der Waals surface area contributed by atoms with Gasteiger partial charge in [0.25, 0.3) is 0 Å². The lowest BCUT2D eigenvalue weighted by Crippen LogP contribution is -2.12. The quantitative estimate of drug-likeness (QED) is 0.267. The van der Waals surface area contributed by atoms with E-state index >= 15 is 0 Å². The molecular weight excluding hydrogens is 196 g/mol. The lowest BCUT2D eigenvalue weighted by molar-refractivity contribution is -0.137. The number of ether oxygens (including phenoxy) is 3. The van der Waals surface area contributed by atoms with E-state index < -0.39 is 0 Å². The van der Waals surface area contributed by atoms with Crippen LogP contribution in [0, 0.1) is 0 Å². The predicted octanol–water partition coefficient (Wildman–Crippen LogP) is 1.67. The van der Waals surface area contributed by atoms with Crippen molar-refractivity contribution >= 4 is 5.97 Å². The van der Waals surface area contributed by atoms with Gasteiger partial charge in [-0.15, -0.1) is 6.58 Å². The van der Waals surface area contributed by atoms with Gasteiger partial charge in [0.1, 0.15) is 6.79 Å². The summed E-state index contributed by atoms with van der Waals surface area (Å²) in [6.45, 7) is 5.91. The van der Waals surface area contributed by atoms with Crippen LogP contribution in [-0.2, 0) is 19.0 Å². The lowest BCUT2D eigenvalue weighted by atomic mass is 10.2. The Hall–Kier alpha value is -1.13. The van der Waals surface area contributed by atoms with Crippen molar-refractivity contribution in [2.75, 3.05) is 20.5 Å². The van der Waals surface area contributed by atoms with E-state index in [1.54, 1.807) is 26.2 Å². The largest absolute Gasteiger partial charge is 0.463 e. The zero-order chi connectivity index (χ0) is 11.5. The second-order valence-corrected chi connectivity index (χ2v) is 2.75. The molecule has 1 atom stereocenters. The molecule has 0 saturated heterocycles. The van der Waals surface area contributed by atoms with Crippen LogP contribution >= 0.6 is 0 Å². The Morgan fingerprint density at radius 2 is 2.27 bits per heavy atom. The second kappa shape index (κ2) is 9.43. The summed E-state index contributed by atoms with van der Waals surface area (Å²) in [5, 5.41) is 0. The first kappa shape index (κ1) is 13.9. The average molecular weight is 214 g/mol. The fraction of sp³-hybridized carbons (Fsp3) is 0.545. The summed E-state index contributed by atoms with van der Waals surface area (Å²) in [7, 11) is 1.54. The van der Waals surface area contributed by atoms with Gasteiger partial charge in [0.05, 0.1) is 12.7 Å². The minimum absolute atomic E-state index is 0.186. The summed E-state index contributed by atoms with van der Waals surface area (Å²) < 4.78 is 14.8. The fourth-order valence-electron chi connectivity index (χ4n) is 0.898. The van der Waals surface area contributed by atoms with Crippen molar-refractivity contribution in [1.29, 1.82) is 0 Å². The Balaban J connectivity index is 4.01. The van der Waals surface area contributed by atoms with Gasteiger partial charge in [0, 0.05) is 13.2 Å². The van der Waals surface area contributed by atoms with E-state index in [-0.39, 0.29) is 18.9 Å². The van der Waals surface area contributed by atoms with Crippen LogP contribution in [-0.4, -0.2) is 32.6 Å². The van der Waals surface area contributed by atoms with E-state index in [2.05, 4.69) is 6.58 Å². The van der Waals surface area contributed by atoms with Crippen molar-refractivity contribution in [1.82, 2.24) is 0 Å². The van der Waals surface area contributed by atoms with Gasteiger partial charge in [-0.2, -0.15) is 0 Å². The number of esters is 1. The van der Waals surface area contributed by atoms with Gasteiger partial charge >= 0.3 is 5.97 Å². The first-order valence-electron chi connectivity index (χ1n) is 4.81. The van der Waals surface area contributed by atoms with Crippen LogP contribution in [0.4, 0.5) is 0 Å². The van der Waals surface area contributed by atoms with Crippen LogP contribution in [0.2, 0.25) is 0 Å². The van der Waals surface area contributed by atoms with Crippen LogP contribution in [0.5, 0.6) is 0 Å². The number of carbonyl (C=O) groups is 1. The van der Waals surface area contributed by atoms with Crippen molar-refractivity contribution in [3.8, 4) is 0 Å². The summed E-state index contributed by atoms with van der Waals surface area (Å²) in [5.41, 5.74) is 0. The molecule has 0 unspecified atom stereocenters. The summed E-state index contributed by atoms with van der Waals surface area (Å²) in [5.74, 6) is -0.368. The maximum Gasteiger partial charge on any atom is 0.330 e. The smallest absolute Gasteiger partial charge is 0.330 e. The van der Waals surface area contributed by atoms with E-state index in [9.17, 15) is 4.79 Å². The SMILES string of the molecule is C=CC[C@H](/C=C/C(=O)OCC)OCOC. The molecule has 0 heterocycles. The van der Waals surface area contributed by atoms with Gasteiger partial charge in [0.2, 0.25) is 0 Å². The topological polar surface area (TPSA) is 44.8 Å². The summed E-state index contributed by atoms with van der Waals surface area (Å²) >= 11 is 0. The maximum atomic E-state index is 11.0. The standard InChI is InChI=1S/C11H18O4/c1-4-6-10(15-9-13-3)7-8-11(12)14-5-2/h4,7-8,10H,1,5-6,9H2,2-3H3/b8-7+/t10-/m1/s1. The second-order valence-electron chi connectivity index (χ2n) is 2.75. The Morgan fingerprint density at radius 3 is 2.80 bits per heavy atom. The van der Waals surface area contributed by atoms with E-state index in [0.717, 1.165) is 0 Å². The molecule has 0 spiro atoms. The van der Waals surface area contributed by atoms with Gasteiger partial charge in [-0.3, -0.25) is 0 Å². The third-order valence-electron chi connectivity index (χ3n) is 1.53. The zero-order valence-electron chi connectivity index (χ0n) is 9.27. The molecule has 0 rings (SSSR count). The first-order valence-corrected chi connectivity index (χ1v) is 4.81. The number of hydrogen-bond acceptors (Lipinski definition) is 4. The summed E-state index contributed by atoms with van der Waals surface area (Å²) in [6, 6.07) is 0. The minimum Gasteiger partial charge on any atom is -0.463 e. The molecule has 0 bridgehead atoms. The summed E-state index contributed by atoms with van der Waals surface area (Å²) in [4.78, 5) is 11.0. The Kier molecular flexibility index (Phi) is 8.72.